The second kappa shape index (κ2) is 15.4. The van der Waals surface area contributed by atoms with Crippen molar-refractivity contribution in [2.24, 2.45) is 11.5 Å². The summed E-state index contributed by atoms with van der Waals surface area (Å²) in [6.45, 7) is 0. The molecule has 1 heterocycles. The number of carboxylic acid groups (broad SMARTS) is 1. The van der Waals surface area contributed by atoms with Crippen LogP contribution in [0, 0.1) is 0 Å². The quantitative estimate of drug-likeness (QED) is 0.0864. The van der Waals surface area contributed by atoms with Gasteiger partial charge in [0.15, 0.2) is 0 Å². The van der Waals surface area contributed by atoms with Crippen molar-refractivity contribution in [1.29, 1.82) is 0 Å². The first-order chi connectivity index (χ1) is 22.4. The van der Waals surface area contributed by atoms with Gasteiger partial charge >= 0.3 is 5.97 Å². The van der Waals surface area contributed by atoms with Gasteiger partial charge in [-0.05, 0) is 53.4 Å². The number of aromatic hydroxyl groups is 2. The molecule has 4 aromatic rings. The Morgan fingerprint density at radius 3 is 1.81 bits per heavy atom. The normalized spacial score (nSPS) is 13.6. The lowest BCUT2D eigenvalue weighted by Crippen LogP contribution is -2.58. The fraction of sp³-hybridized carbons (Fsp3) is 0.242. The number of nitrogens with one attached hydrogen (secondary N) is 4. The minimum atomic E-state index is -1.57. The largest absolute Gasteiger partial charge is 0.508 e. The zero-order valence-corrected chi connectivity index (χ0v) is 25.2. The maximum Gasteiger partial charge on any atom is 0.326 e. The molecular weight excluding hydrogens is 608 g/mol. The number of fused-ring (bicyclic) bond motifs is 1. The smallest absolute Gasteiger partial charge is 0.326 e. The lowest BCUT2D eigenvalue weighted by molar-refractivity contribution is -0.142. The molecule has 1 aromatic heterocycles. The lowest BCUT2D eigenvalue weighted by atomic mass is 10.0. The van der Waals surface area contributed by atoms with Crippen molar-refractivity contribution >= 4 is 40.5 Å². The van der Waals surface area contributed by atoms with E-state index in [-0.39, 0.29) is 30.8 Å². The second-order valence-corrected chi connectivity index (χ2v) is 11.1. The van der Waals surface area contributed by atoms with Gasteiger partial charge in [0, 0.05) is 29.9 Å². The van der Waals surface area contributed by atoms with Gasteiger partial charge in [0.05, 0.1) is 12.5 Å². The van der Waals surface area contributed by atoms with E-state index in [2.05, 4.69) is 20.9 Å². The number of carbonyl (C=O) groups excluding carboxylic acids is 4. The van der Waals surface area contributed by atoms with E-state index in [4.69, 9.17) is 11.5 Å². The number of nitrogens with two attached hydrogens (primary N) is 2. The van der Waals surface area contributed by atoms with Gasteiger partial charge in [-0.2, -0.15) is 0 Å². The van der Waals surface area contributed by atoms with Crippen molar-refractivity contribution in [2.75, 3.05) is 0 Å². The second-order valence-electron chi connectivity index (χ2n) is 11.1. The number of carboxylic acids is 1. The van der Waals surface area contributed by atoms with Gasteiger partial charge in [0.25, 0.3) is 0 Å². The zero-order chi connectivity index (χ0) is 34.1. The molecule has 0 spiro atoms. The minimum absolute atomic E-state index is 0.0236. The van der Waals surface area contributed by atoms with Crippen molar-refractivity contribution in [1.82, 2.24) is 20.9 Å². The molecule has 0 aliphatic heterocycles. The number of primary amides is 1. The molecule has 0 aliphatic rings. The van der Waals surface area contributed by atoms with E-state index >= 15 is 0 Å². The van der Waals surface area contributed by atoms with Crippen LogP contribution in [-0.4, -0.2) is 74.1 Å². The van der Waals surface area contributed by atoms with Crippen molar-refractivity contribution < 1.29 is 39.3 Å². The van der Waals surface area contributed by atoms with Gasteiger partial charge in [0.2, 0.25) is 23.6 Å². The Hall–Kier alpha value is -5.89. The van der Waals surface area contributed by atoms with Crippen molar-refractivity contribution in [3.63, 3.8) is 0 Å². The van der Waals surface area contributed by atoms with Crippen LogP contribution in [0.1, 0.15) is 23.1 Å². The van der Waals surface area contributed by atoms with Crippen LogP contribution < -0.4 is 27.4 Å². The summed E-state index contributed by atoms with van der Waals surface area (Å²) in [6, 6.07) is 13.8. The summed E-state index contributed by atoms with van der Waals surface area (Å²) in [7, 11) is 0. The Labute approximate surface area is 269 Å². The Kier molecular flexibility index (Phi) is 11.1. The number of amides is 4. The van der Waals surface area contributed by atoms with Crippen molar-refractivity contribution in [3.8, 4) is 11.5 Å². The van der Waals surface area contributed by atoms with Crippen LogP contribution in [0.4, 0.5) is 0 Å². The van der Waals surface area contributed by atoms with E-state index < -0.39 is 60.2 Å². The maximum atomic E-state index is 13.7. The van der Waals surface area contributed by atoms with Gasteiger partial charge in [-0.25, -0.2) is 4.79 Å². The molecule has 47 heavy (non-hydrogen) atoms. The Morgan fingerprint density at radius 2 is 1.21 bits per heavy atom. The summed E-state index contributed by atoms with van der Waals surface area (Å²) < 4.78 is 0. The van der Waals surface area contributed by atoms with Crippen LogP contribution in [0.15, 0.2) is 79.0 Å². The number of hydrogen-bond acceptors (Lipinski definition) is 8. The number of aliphatic carboxylic acids is 1. The Morgan fingerprint density at radius 1 is 0.681 bits per heavy atom. The molecule has 14 heteroatoms. The first-order valence-corrected chi connectivity index (χ1v) is 14.7. The summed E-state index contributed by atoms with van der Waals surface area (Å²) in [4.78, 5) is 67.2. The average molecular weight is 645 g/mol. The maximum absolute atomic E-state index is 13.7. The molecule has 4 rings (SSSR count). The van der Waals surface area contributed by atoms with Crippen molar-refractivity contribution in [3.05, 3.63) is 95.7 Å². The number of aromatic nitrogens is 1. The highest BCUT2D eigenvalue weighted by Gasteiger charge is 2.32. The first kappa shape index (κ1) is 34.0. The molecule has 4 atom stereocenters. The molecule has 4 amide bonds. The van der Waals surface area contributed by atoms with Crippen molar-refractivity contribution in [2.45, 2.75) is 49.9 Å². The predicted octanol–water partition coefficient (Wildman–Crippen LogP) is 0.349. The SMILES string of the molecule is NC(=O)CC(NC(=O)C(Cc1c[nH]c2ccccc12)NC(=O)C(N)Cc1ccc(O)cc1)C(=O)NC(Cc1ccc(O)cc1)C(=O)O. The van der Waals surface area contributed by atoms with E-state index in [0.29, 0.717) is 16.7 Å². The highest BCUT2D eigenvalue weighted by molar-refractivity contribution is 5.96. The summed E-state index contributed by atoms with van der Waals surface area (Å²) in [5.74, 6) is -4.78. The summed E-state index contributed by atoms with van der Waals surface area (Å²) in [6.07, 6.45) is 0.935. The predicted molar refractivity (Wildman–Crippen MR) is 171 cm³/mol. The molecule has 0 fully saturated rings. The molecular formula is C33H36N6O8. The standard InChI is InChI=1S/C33H36N6O8/c34-24(13-18-5-9-21(40)10-6-18)30(43)37-26(15-20-17-36-25-4-2-1-3-23(20)25)31(44)38-27(16-29(35)42)32(45)39-28(33(46)47)14-19-7-11-22(41)12-8-19/h1-12,17,24,26-28,36,40-41H,13-16,34H2,(H2,35,42)(H,37,43)(H,38,44)(H,39,45)(H,46,47). The fourth-order valence-electron chi connectivity index (χ4n) is 5.01. The number of phenols is 2. The molecule has 4 unspecified atom stereocenters. The highest BCUT2D eigenvalue weighted by atomic mass is 16.4. The highest BCUT2D eigenvalue weighted by Crippen LogP contribution is 2.20. The number of hydrogen-bond donors (Lipinski definition) is 9. The number of carbonyl (C=O) groups is 5. The topological polar surface area (TPSA) is 250 Å². The monoisotopic (exact) mass is 644 g/mol. The number of para-hydroxylation sites is 1. The van der Waals surface area contributed by atoms with Gasteiger partial charge < -0.3 is 47.7 Å². The molecule has 0 radical (unpaired) electrons. The van der Waals surface area contributed by atoms with Crippen LogP contribution >= 0.6 is 0 Å². The van der Waals surface area contributed by atoms with E-state index in [1.54, 1.807) is 18.3 Å². The van der Waals surface area contributed by atoms with Crippen LogP contribution in [0.3, 0.4) is 0 Å². The molecule has 0 aliphatic carbocycles. The molecule has 0 saturated heterocycles. The Balaban J connectivity index is 1.54. The molecule has 14 nitrogen and oxygen atoms in total. The third-order valence-electron chi connectivity index (χ3n) is 7.49. The average Bonchev–Trinajstić information content (AvgIpc) is 3.44. The van der Waals surface area contributed by atoms with E-state index in [9.17, 15) is 39.3 Å². The molecule has 11 N–H and O–H groups in total. The number of benzene rings is 3. The van der Waals surface area contributed by atoms with Gasteiger partial charge in [0.1, 0.15) is 29.6 Å². The van der Waals surface area contributed by atoms with E-state index in [1.165, 1.54) is 36.4 Å². The first-order valence-electron chi connectivity index (χ1n) is 14.7. The van der Waals surface area contributed by atoms with Gasteiger partial charge in [-0.15, -0.1) is 0 Å². The minimum Gasteiger partial charge on any atom is -0.508 e. The number of aromatic amines is 1. The number of rotatable bonds is 15. The molecule has 0 bridgehead atoms. The zero-order valence-electron chi connectivity index (χ0n) is 25.2. The number of phenolic OH excluding ortho intramolecular Hbond substituents is 2. The molecule has 246 valence electrons. The van der Waals surface area contributed by atoms with E-state index in [1.807, 2.05) is 24.3 Å². The van der Waals surface area contributed by atoms with Gasteiger partial charge in [-0.1, -0.05) is 42.5 Å². The fourth-order valence-corrected chi connectivity index (χ4v) is 5.01. The van der Waals surface area contributed by atoms with E-state index in [0.717, 1.165) is 10.9 Å². The third kappa shape index (κ3) is 9.55. The van der Waals surface area contributed by atoms with Crippen LogP contribution in [0.5, 0.6) is 11.5 Å². The lowest BCUT2D eigenvalue weighted by Gasteiger charge is -2.25. The summed E-state index contributed by atoms with van der Waals surface area (Å²) >= 11 is 0. The van der Waals surface area contributed by atoms with Gasteiger partial charge in [-0.3, -0.25) is 19.2 Å². The van der Waals surface area contributed by atoms with Crippen LogP contribution in [0.2, 0.25) is 0 Å². The number of H-pyrrole nitrogens is 1. The summed E-state index contributed by atoms with van der Waals surface area (Å²) in [5, 5.41) is 37.0. The third-order valence-corrected chi connectivity index (χ3v) is 7.49. The van der Waals surface area contributed by atoms with Crippen LogP contribution in [-0.2, 0) is 43.2 Å². The molecule has 0 saturated carbocycles. The summed E-state index contributed by atoms with van der Waals surface area (Å²) in [5.41, 5.74) is 14.2. The Bertz CT molecular complexity index is 1740. The molecule has 3 aromatic carbocycles. The van der Waals surface area contributed by atoms with Crippen LogP contribution in [0.25, 0.3) is 10.9 Å².